The molecule has 1 aromatic heterocycles. The highest BCUT2D eigenvalue weighted by Crippen LogP contribution is 2.50. The van der Waals surface area contributed by atoms with Gasteiger partial charge in [0.15, 0.2) is 0 Å². The maximum absolute atomic E-state index is 12.1. The van der Waals surface area contributed by atoms with Crippen molar-refractivity contribution >= 4 is 23.5 Å². The number of piperazine rings is 1. The molecule has 45 heavy (non-hydrogen) atoms. The van der Waals surface area contributed by atoms with Gasteiger partial charge < -0.3 is 19.3 Å². The topological polar surface area (TPSA) is 74.3 Å². The van der Waals surface area contributed by atoms with Gasteiger partial charge in [-0.1, -0.05) is 23.7 Å². The monoisotopic (exact) mass is 634 g/mol. The summed E-state index contributed by atoms with van der Waals surface area (Å²) in [6.45, 7) is 4.05. The highest BCUT2D eigenvalue weighted by Gasteiger charge is 2.51. The van der Waals surface area contributed by atoms with Gasteiger partial charge in [-0.25, -0.2) is 4.79 Å². The minimum atomic E-state index is -0.278. The molecule has 0 radical (unpaired) electrons. The molecule has 2 aliphatic carbocycles. The first-order valence-corrected chi connectivity index (χ1v) is 17.5. The van der Waals surface area contributed by atoms with Crippen molar-refractivity contribution in [3.63, 3.8) is 0 Å². The summed E-state index contributed by atoms with van der Waals surface area (Å²) in [5.41, 5.74) is 5.28. The molecule has 4 fully saturated rings. The molecule has 1 amide bonds. The Bertz CT molecular complexity index is 1470. The second kappa shape index (κ2) is 11.3. The second-order valence-electron chi connectivity index (χ2n) is 14.9. The predicted molar refractivity (Wildman–Crippen MR) is 175 cm³/mol. The van der Waals surface area contributed by atoms with Gasteiger partial charge in [0.25, 0.3) is 0 Å². The van der Waals surface area contributed by atoms with Gasteiger partial charge in [-0.15, -0.1) is 0 Å². The first kappa shape index (κ1) is 29.8. The molecule has 8 rings (SSSR count). The fourth-order valence-electron chi connectivity index (χ4n) is 9.82. The van der Waals surface area contributed by atoms with Crippen molar-refractivity contribution in [1.82, 2.24) is 24.7 Å². The first-order chi connectivity index (χ1) is 21.8. The summed E-state index contributed by atoms with van der Waals surface area (Å²) in [5, 5.41) is 0.905. The molecule has 0 saturated carbocycles. The number of nitrogens with zero attached hydrogens (tertiary/aromatic N) is 6. The Morgan fingerprint density at radius 2 is 1.82 bits per heavy atom. The Kier molecular flexibility index (Phi) is 7.45. The lowest BCUT2D eigenvalue weighted by molar-refractivity contribution is 0.0482. The van der Waals surface area contributed by atoms with E-state index < -0.39 is 0 Å². The van der Waals surface area contributed by atoms with Gasteiger partial charge in [0, 0.05) is 61.3 Å². The molecule has 1 aromatic carbocycles. The van der Waals surface area contributed by atoms with Gasteiger partial charge in [-0.05, 0) is 101 Å². The molecule has 4 aliphatic heterocycles. The van der Waals surface area contributed by atoms with Crippen molar-refractivity contribution in [3.05, 3.63) is 45.6 Å². The van der Waals surface area contributed by atoms with E-state index in [1.165, 1.54) is 40.1 Å². The summed E-state index contributed by atoms with van der Waals surface area (Å²) in [4.78, 5) is 31.8. The van der Waals surface area contributed by atoms with E-state index in [9.17, 15) is 4.79 Å². The molecule has 0 N–H and O–H groups in total. The fourth-order valence-corrected chi connectivity index (χ4v) is 10.1. The van der Waals surface area contributed by atoms with Crippen molar-refractivity contribution in [2.75, 3.05) is 58.9 Å². The summed E-state index contributed by atoms with van der Waals surface area (Å²) < 4.78 is 12.3. The molecule has 10 heteroatoms. The molecule has 6 aliphatic rings. The quantitative estimate of drug-likeness (QED) is 0.446. The Morgan fingerprint density at radius 1 is 1.04 bits per heavy atom. The molecule has 9 nitrogen and oxygen atoms in total. The second-order valence-corrected chi connectivity index (χ2v) is 15.3. The standard InChI is InChI=1S/C35H47ClN6O3/c1-39(2)33(43)44-21-25-10-16-35(13-5-17-42(25)35)22-45-32-37-30-18-34(14-11-26-28(34)6-4-7-29(26)36)15-12-27(30)31(38-32)41-19-23-8-9-24(20-41)40(23)3/h4,6-7,23-25H,5,8-22H2,1-3H3/t23-,24+,25-,34?,35-/m0/s1. The van der Waals surface area contributed by atoms with Crippen LogP contribution >= 0.6 is 11.6 Å². The van der Waals surface area contributed by atoms with Crippen LogP contribution in [0.5, 0.6) is 6.01 Å². The smallest absolute Gasteiger partial charge is 0.409 e. The molecule has 1 unspecified atom stereocenters. The zero-order valence-corrected chi connectivity index (χ0v) is 27.8. The van der Waals surface area contributed by atoms with Crippen molar-refractivity contribution in [2.24, 2.45) is 0 Å². The number of hydrogen-bond donors (Lipinski definition) is 0. The van der Waals surface area contributed by atoms with Crippen LogP contribution in [0.1, 0.15) is 73.8 Å². The number of aromatic nitrogens is 2. The van der Waals surface area contributed by atoms with E-state index in [4.69, 9.17) is 31.0 Å². The molecule has 4 saturated heterocycles. The third kappa shape index (κ3) is 4.99. The number of fused-ring (bicyclic) bond motifs is 6. The molecular formula is C35H47ClN6O3. The van der Waals surface area contributed by atoms with E-state index in [1.54, 1.807) is 14.1 Å². The van der Waals surface area contributed by atoms with Crippen molar-refractivity contribution < 1.29 is 14.3 Å². The summed E-state index contributed by atoms with van der Waals surface area (Å²) in [5.74, 6) is 1.11. The van der Waals surface area contributed by atoms with E-state index in [-0.39, 0.29) is 23.1 Å². The third-order valence-electron chi connectivity index (χ3n) is 12.4. The van der Waals surface area contributed by atoms with Crippen molar-refractivity contribution in [2.45, 2.75) is 99.7 Å². The molecule has 2 aromatic rings. The molecule has 5 atom stereocenters. The number of anilines is 1. The van der Waals surface area contributed by atoms with Crippen LogP contribution in [0.25, 0.3) is 0 Å². The number of carbonyl (C=O) groups is 1. The Labute approximate surface area is 272 Å². The molecule has 2 bridgehead atoms. The number of halogens is 1. The van der Waals surface area contributed by atoms with Crippen LogP contribution in [-0.2, 0) is 29.4 Å². The highest BCUT2D eigenvalue weighted by molar-refractivity contribution is 6.31. The van der Waals surface area contributed by atoms with Gasteiger partial charge in [-0.2, -0.15) is 9.97 Å². The normalized spacial score (nSPS) is 32.1. The van der Waals surface area contributed by atoms with E-state index in [2.05, 4.69) is 33.9 Å². The molecular weight excluding hydrogens is 588 g/mol. The molecule has 242 valence electrons. The lowest BCUT2D eigenvalue weighted by Crippen LogP contribution is -2.52. The minimum Gasteiger partial charge on any atom is -0.461 e. The van der Waals surface area contributed by atoms with E-state index in [1.807, 2.05) is 6.07 Å². The van der Waals surface area contributed by atoms with Crippen LogP contribution in [0.3, 0.4) is 0 Å². The van der Waals surface area contributed by atoms with E-state index >= 15 is 0 Å². The van der Waals surface area contributed by atoms with Crippen LogP contribution < -0.4 is 9.64 Å². The van der Waals surface area contributed by atoms with Crippen LogP contribution in [-0.4, -0.2) is 108 Å². The maximum Gasteiger partial charge on any atom is 0.409 e. The summed E-state index contributed by atoms with van der Waals surface area (Å²) in [7, 11) is 5.75. The molecule has 1 spiro atoms. The summed E-state index contributed by atoms with van der Waals surface area (Å²) in [6.07, 6.45) is 11.7. The van der Waals surface area contributed by atoms with Gasteiger partial charge in [0.1, 0.15) is 19.0 Å². The Morgan fingerprint density at radius 3 is 2.60 bits per heavy atom. The van der Waals surface area contributed by atoms with Crippen molar-refractivity contribution in [3.8, 4) is 6.01 Å². The number of benzene rings is 1. The fraction of sp³-hybridized carbons (Fsp3) is 0.686. The van der Waals surface area contributed by atoms with Gasteiger partial charge in [0.2, 0.25) is 0 Å². The largest absolute Gasteiger partial charge is 0.461 e. The average Bonchev–Trinajstić information content (AvgIpc) is 3.74. The molecule has 5 heterocycles. The van der Waals surface area contributed by atoms with E-state index in [0.29, 0.717) is 31.3 Å². The Hall–Kier alpha value is -2.62. The predicted octanol–water partition coefficient (Wildman–Crippen LogP) is 4.86. The first-order valence-electron chi connectivity index (χ1n) is 17.1. The lowest BCUT2D eigenvalue weighted by atomic mass is 9.69. The number of ether oxygens (including phenoxy) is 2. The maximum atomic E-state index is 12.1. The minimum absolute atomic E-state index is 0.0517. The van der Waals surface area contributed by atoms with Crippen LogP contribution in [0.4, 0.5) is 10.6 Å². The number of likely N-dealkylation sites (N-methyl/N-ethyl adjacent to an activating group) is 1. The van der Waals surface area contributed by atoms with Gasteiger partial charge >= 0.3 is 12.1 Å². The zero-order chi connectivity index (χ0) is 30.9. The van der Waals surface area contributed by atoms with Crippen LogP contribution in [0.2, 0.25) is 5.02 Å². The van der Waals surface area contributed by atoms with Gasteiger partial charge in [0.05, 0.1) is 11.2 Å². The number of amides is 1. The third-order valence-corrected chi connectivity index (χ3v) is 12.7. The lowest BCUT2D eigenvalue weighted by Gasteiger charge is -2.42. The SMILES string of the molecule is CN(C)C(=O)OC[C@@H]1CC[C@]2(COc3nc4c(c(N5C[C@H]6CC[C@@H](C5)N6C)n3)CCC3(CCc5c(Cl)cccc53)C4)CCCN12. The number of rotatable bonds is 6. The Balaban J connectivity index is 1.08. The number of hydrogen-bond acceptors (Lipinski definition) is 8. The van der Waals surface area contributed by atoms with Crippen LogP contribution in [0, 0.1) is 0 Å². The highest BCUT2D eigenvalue weighted by atomic mass is 35.5. The zero-order valence-electron chi connectivity index (χ0n) is 27.1. The van der Waals surface area contributed by atoms with E-state index in [0.717, 1.165) is 88.3 Å². The summed E-state index contributed by atoms with van der Waals surface area (Å²) in [6, 6.07) is 8.38. The van der Waals surface area contributed by atoms with Crippen molar-refractivity contribution in [1.29, 1.82) is 0 Å². The van der Waals surface area contributed by atoms with Crippen LogP contribution in [0.15, 0.2) is 18.2 Å². The summed E-state index contributed by atoms with van der Waals surface area (Å²) >= 11 is 6.69. The van der Waals surface area contributed by atoms with Gasteiger partial charge in [-0.3, -0.25) is 9.80 Å². The average molecular weight is 635 g/mol. The number of carbonyl (C=O) groups excluding carboxylic acids is 1.